The fourth-order valence-electron chi connectivity index (χ4n) is 2.02. The quantitative estimate of drug-likeness (QED) is 0.863. The summed E-state index contributed by atoms with van der Waals surface area (Å²) in [7, 11) is 0. The van der Waals surface area contributed by atoms with Gasteiger partial charge in [-0.25, -0.2) is 13.2 Å². The van der Waals surface area contributed by atoms with Crippen molar-refractivity contribution in [3.63, 3.8) is 0 Å². The maximum Gasteiger partial charge on any atom is 0.194 e. The van der Waals surface area contributed by atoms with Gasteiger partial charge in [0.1, 0.15) is 0 Å². The Morgan fingerprint density at radius 1 is 1.26 bits per heavy atom. The third-order valence-corrected chi connectivity index (χ3v) is 2.94. The number of morpholine rings is 1. The molecule has 1 aromatic carbocycles. The summed E-state index contributed by atoms with van der Waals surface area (Å²) in [5.41, 5.74) is 5.91. The zero-order valence-electron chi connectivity index (χ0n) is 10.2. The van der Waals surface area contributed by atoms with E-state index in [2.05, 4.69) is 0 Å². The lowest BCUT2D eigenvalue weighted by Crippen LogP contribution is -2.45. The molecule has 19 heavy (non-hydrogen) atoms. The summed E-state index contributed by atoms with van der Waals surface area (Å²) in [6.07, 6.45) is -0.0612. The highest BCUT2D eigenvalue weighted by Gasteiger charge is 2.20. The van der Waals surface area contributed by atoms with Crippen LogP contribution >= 0.6 is 12.4 Å². The van der Waals surface area contributed by atoms with Gasteiger partial charge in [0, 0.05) is 26.2 Å². The zero-order chi connectivity index (χ0) is 13.1. The summed E-state index contributed by atoms with van der Waals surface area (Å²) in [5, 5.41) is 0. The Hall–Kier alpha value is -0.820. The van der Waals surface area contributed by atoms with Crippen molar-refractivity contribution in [2.24, 2.45) is 5.73 Å². The standard InChI is InChI=1S/C12H15F3N2O.ClH/c13-10-3-8(4-11(14)12(10)15)6-17-1-2-18-9(5-16)7-17;/h3-4,9H,1-2,5-7,16H2;1H. The predicted molar refractivity (Wildman–Crippen MR) is 67.6 cm³/mol. The largest absolute Gasteiger partial charge is 0.374 e. The first-order valence-corrected chi connectivity index (χ1v) is 5.77. The maximum absolute atomic E-state index is 13.1. The molecule has 1 heterocycles. The van der Waals surface area contributed by atoms with Crippen LogP contribution < -0.4 is 5.73 Å². The van der Waals surface area contributed by atoms with Gasteiger partial charge in [0.2, 0.25) is 0 Å². The van der Waals surface area contributed by atoms with Gasteiger partial charge in [-0.15, -0.1) is 12.4 Å². The Morgan fingerprint density at radius 3 is 2.47 bits per heavy atom. The fraction of sp³-hybridized carbons (Fsp3) is 0.500. The van der Waals surface area contributed by atoms with E-state index in [9.17, 15) is 13.2 Å². The Bertz CT molecular complexity index is 410. The molecule has 1 aliphatic heterocycles. The van der Waals surface area contributed by atoms with Gasteiger partial charge in [-0.05, 0) is 17.7 Å². The highest BCUT2D eigenvalue weighted by Crippen LogP contribution is 2.16. The van der Waals surface area contributed by atoms with Crippen LogP contribution in [-0.4, -0.2) is 37.2 Å². The van der Waals surface area contributed by atoms with Crippen LogP contribution in [0.3, 0.4) is 0 Å². The molecule has 0 radical (unpaired) electrons. The highest BCUT2D eigenvalue weighted by molar-refractivity contribution is 5.85. The van der Waals surface area contributed by atoms with Crippen LogP contribution in [0.1, 0.15) is 5.56 Å². The number of benzene rings is 1. The second-order valence-corrected chi connectivity index (χ2v) is 4.34. The molecule has 0 aromatic heterocycles. The van der Waals surface area contributed by atoms with E-state index < -0.39 is 17.5 Å². The van der Waals surface area contributed by atoms with Crippen molar-refractivity contribution in [2.45, 2.75) is 12.6 Å². The van der Waals surface area contributed by atoms with Crippen LogP contribution in [0.25, 0.3) is 0 Å². The molecule has 0 amide bonds. The van der Waals surface area contributed by atoms with E-state index in [1.807, 2.05) is 4.90 Å². The zero-order valence-corrected chi connectivity index (χ0v) is 11.1. The first-order chi connectivity index (χ1) is 8.60. The number of nitrogens with two attached hydrogens (primary N) is 1. The molecule has 7 heteroatoms. The van der Waals surface area contributed by atoms with Crippen LogP contribution in [0.2, 0.25) is 0 Å². The number of rotatable bonds is 3. The van der Waals surface area contributed by atoms with Crippen molar-refractivity contribution in [1.82, 2.24) is 4.90 Å². The molecule has 0 bridgehead atoms. The second kappa shape index (κ2) is 7.09. The number of nitrogens with zero attached hydrogens (tertiary/aromatic N) is 1. The van der Waals surface area contributed by atoms with Gasteiger partial charge in [-0.2, -0.15) is 0 Å². The molecule has 0 aliphatic carbocycles. The Kier molecular flexibility index (Phi) is 6.06. The van der Waals surface area contributed by atoms with E-state index in [1.165, 1.54) is 0 Å². The van der Waals surface area contributed by atoms with Crippen molar-refractivity contribution in [2.75, 3.05) is 26.2 Å². The maximum atomic E-state index is 13.1. The minimum atomic E-state index is -1.43. The number of halogens is 4. The second-order valence-electron chi connectivity index (χ2n) is 4.34. The van der Waals surface area contributed by atoms with Gasteiger partial charge in [0.05, 0.1) is 12.7 Å². The number of hydrogen-bond acceptors (Lipinski definition) is 3. The molecule has 2 rings (SSSR count). The van der Waals surface area contributed by atoms with Crippen molar-refractivity contribution < 1.29 is 17.9 Å². The molecule has 1 unspecified atom stereocenters. The molecule has 3 nitrogen and oxygen atoms in total. The number of ether oxygens (including phenoxy) is 1. The van der Waals surface area contributed by atoms with E-state index in [0.29, 0.717) is 38.3 Å². The molecule has 1 aliphatic rings. The van der Waals surface area contributed by atoms with Crippen LogP contribution in [-0.2, 0) is 11.3 Å². The molecule has 0 spiro atoms. The molecular weight excluding hydrogens is 281 g/mol. The molecule has 0 saturated carbocycles. The lowest BCUT2D eigenvalue weighted by molar-refractivity contribution is -0.0261. The van der Waals surface area contributed by atoms with Gasteiger partial charge in [-0.1, -0.05) is 0 Å². The van der Waals surface area contributed by atoms with E-state index in [4.69, 9.17) is 10.5 Å². The molecule has 1 saturated heterocycles. The summed E-state index contributed by atoms with van der Waals surface area (Å²) >= 11 is 0. The lowest BCUT2D eigenvalue weighted by Gasteiger charge is -2.32. The minimum Gasteiger partial charge on any atom is -0.374 e. The molecule has 1 aromatic rings. The summed E-state index contributed by atoms with van der Waals surface area (Å²) in [6, 6.07) is 2.04. The first-order valence-electron chi connectivity index (χ1n) is 5.77. The van der Waals surface area contributed by atoms with Crippen LogP contribution in [0.15, 0.2) is 12.1 Å². The Labute approximate surface area is 115 Å². The monoisotopic (exact) mass is 296 g/mol. The first kappa shape index (κ1) is 16.2. The molecule has 1 atom stereocenters. The van der Waals surface area contributed by atoms with Gasteiger partial charge < -0.3 is 10.5 Å². The van der Waals surface area contributed by atoms with Gasteiger partial charge in [0.15, 0.2) is 17.5 Å². The van der Waals surface area contributed by atoms with Crippen molar-refractivity contribution in [3.8, 4) is 0 Å². The topological polar surface area (TPSA) is 38.5 Å². The average molecular weight is 297 g/mol. The third kappa shape index (κ3) is 4.07. The smallest absolute Gasteiger partial charge is 0.194 e. The molecule has 108 valence electrons. The summed E-state index contributed by atoms with van der Waals surface area (Å²) in [6.45, 7) is 2.57. The molecule has 2 N–H and O–H groups in total. The SMILES string of the molecule is Cl.NCC1CN(Cc2cc(F)c(F)c(F)c2)CCO1. The van der Waals surface area contributed by atoms with Crippen LogP contribution in [0.5, 0.6) is 0 Å². The van der Waals surface area contributed by atoms with Crippen molar-refractivity contribution in [1.29, 1.82) is 0 Å². The van der Waals surface area contributed by atoms with Crippen LogP contribution in [0, 0.1) is 17.5 Å². The normalized spacial score (nSPS) is 20.1. The summed E-state index contributed by atoms with van der Waals surface area (Å²) in [4.78, 5) is 1.98. The average Bonchev–Trinajstić information content (AvgIpc) is 2.36. The Morgan fingerprint density at radius 2 is 1.89 bits per heavy atom. The Balaban J connectivity index is 0.00000180. The fourth-order valence-corrected chi connectivity index (χ4v) is 2.02. The third-order valence-electron chi connectivity index (χ3n) is 2.94. The van der Waals surface area contributed by atoms with E-state index in [-0.39, 0.29) is 18.5 Å². The van der Waals surface area contributed by atoms with Gasteiger partial charge >= 0.3 is 0 Å². The molecular formula is C12H16ClF3N2O. The predicted octanol–water partition coefficient (Wildman–Crippen LogP) is 1.69. The van der Waals surface area contributed by atoms with E-state index >= 15 is 0 Å². The summed E-state index contributed by atoms with van der Waals surface area (Å²) < 4.78 is 44.3. The summed E-state index contributed by atoms with van der Waals surface area (Å²) in [5.74, 6) is -3.75. The van der Waals surface area contributed by atoms with Gasteiger partial charge in [0.25, 0.3) is 0 Å². The minimum absolute atomic E-state index is 0. The molecule has 1 fully saturated rings. The van der Waals surface area contributed by atoms with E-state index in [0.717, 1.165) is 12.1 Å². The van der Waals surface area contributed by atoms with Crippen molar-refractivity contribution >= 4 is 12.4 Å². The van der Waals surface area contributed by atoms with Crippen molar-refractivity contribution in [3.05, 3.63) is 35.1 Å². The van der Waals surface area contributed by atoms with Crippen LogP contribution in [0.4, 0.5) is 13.2 Å². The highest BCUT2D eigenvalue weighted by atomic mass is 35.5. The lowest BCUT2D eigenvalue weighted by atomic mass is 10.1. The van der Waals surface area contributed by atoms with Gasteiger partial charge in [-0.3, -0.25) is 4.90 Å². The van der Waals surface area contributed by atoms with E-state index in [1.54, 1.807) is 0 Å². The number of hydrogen-bond donors (Lipinski definition) is 1.